The summed E-state index contributed by atoms with van der Waals surface area (Å²) in [6.07, 6.45) is 3.36. The molecule has 0 bridgehead atoms. The second-order valence-electron chi connectivity index (χ2n) is 5.80. The number of benzene rings is 1. The van der Waals surface area contributed by atoms with E-state index < -0.39 is 10.0 Å². The first-order chi connectivity index (χ1) is 13.0. The van der Waals surface area contributed by atoms with E-state index in [-0.39, 0.29) is 4.90 Å². The molecular formula is C19H22N4O2S2. The summed E-state index contributed by atoms with van der Waals surface area (Å²) >= 11 is 1.53. The first-order valence-corrected chi connectivity index (χ1v) is 11.2. The third kappa shape index (κ3) is 4.58. The maximum atomic E-state index is 12.5. The minimum atomic E-state index is -3.47. The molecular weight excluding hydrogens is 380 g/mol. The fourth-order valence-corrected chi connectivity index (χ4v) is 4.77. The van der Waals surface area contributed by atoms with Gasteiger partial charge in [-0.25, -0.2) is 18.1 Å². The molecule has 0 saturated heterocycles. The summed E-state index contributed by atoms with van der Waals surface area (Å²) < 4.78 is 28.2. The van der Waals surface area contributed by atoms with Gasteiger partial charge in [-0.2, -0.15) is 9.40 Å². The summed E-state index contributed by atoms with van der Waals surface area (Å²) in [5, 5.41) is 5.33. The molecule has 0 aliphatic rings. The first kappa shape index (κ1) is 19.6. The smallest absolute Gasteiger partial charge is 0.244 e. The summed E-state index contributed by atoms with van der Waals surface area (Å²) in [6.45, 7) is 4.54. The zero-order valence-corrected chi connectivity index (χ0v) is 16.9. The zero-order chi connectivity index (χ0) is 19.3. The van der Waals surface area contributed by atoms with E-state index in [9.17, 15) is 8.42 Å². The number of rotatable bonds is 8. The second kappa shape index (κ2) is 8.69. The van der Waals surface area contributed by atoms with Gasteiger partial charge in [0.2, 0.25) is 10.0 Å². The third-order valence-electron chi connectivity index (χ3n) is 4.09. The molecule has 0 spiro atoms. The van der Waals surface area contributed by atoms with Gasteiger partial charge in [0.25, 0.3) is 0 Å². The number of pyridine rings is 1. The predicted molar refractivity (Wildman–Crippen MR) is 107 cm³/mol. The van der Waals surface area contributed by atoms with Crippen LogP contribution < -0.4 is 0 Å². The average molecular weight is 403 g/mol. The number of sulfonamides is 1. The molecule has 6 nitrogen and oxygen atoms in total. The van der Waals surface area contributed by atoms with Crippen LogP contribution in [-0.2, 0) is 15.8 Å². The largest absolute Gasteiger partial charge is 0.249 e. The van der Waals surface area contributed by atoms with Gasteiger partial charge in [0, 0.05) is 31.2 Å². The van der Waals surface area contributed by atoms with Gasteiger partial charge in [0.05, 0.1) is 16.4 Å². The van der Waals surface area contributed by atoms with Crippen molar-refractivity contribution >= 4 is 21.8 Å². The van der Waals surface area contributed by atoms with Crippen molar-refractivity contribution in [1.82, 2.24) is 19.1 Å². The third-order valence-corrected chi connectivity index (χ3v) is 7.10. The minimum absolute atomic E-state index is 0.226. The number of hydrogen-bond donors (Lipinski definition) is 0. The van der Waals surface area contributed by atoms with Crippen LogP contribution in [0.1, 0.15) is 19.5 Å². The molecule has 27 heavy (non-hydrogen) atoms. The predicted octanol–water partition coefficient (Wildman–Crippen LogP) is 3.59. The summed E-state index contributed by atoms with van der Waals surface area (Å²) in [4.78, 5) is 4.52. The highest BCUT2D eigenvalue weighted by atomic mass is 32.2. The highest BCUT2D eigenvalue weighted by molar-refractivity contribution is 7.98. The lowest BCUT2D eigenvalue weighted by Crippen LogP contribution is -2.30. The summed E-state index contributed by atoms with van der Waals surface area (Å²) in [6, 6.07) is 15.3. The van der Waals surface area contributed by atoms with Crippen molar-refractivity contribution in [3.8, 4) is 5.69 Å². The van der Waals surface area contributed by atoms with E-state index in [4.69, 9.17) is 0 Å². The maximum absolute atomic E-state index is 12.5. The lowest BCUT2D eigenvalue weighted by atomic mass is 10.3. The van der Waals surface area contributed by atoms with Crippen molar-refractivity contribution in [2.24, 2.45) is 0 Å². The summed E-state index contributed by atoms with van der Waals surface area (Å²) in [5.74, 6) is 0.662. The Morgan fingerprint density at radius 3 is 2.41 bits per heavy atom. The molecule has 3 rings (SSSR count). The Bertz CT molecular complexity index is 966. The molecule has 0 unspecified atom stereocenters. The minimum Gasteiger partial charge on any atom is -0.249 e. The molecule has 0 fully saturated rings. The van der Waals surface area contributed by atoms with E-state index in [1.54, 1.807) is 12.1 Å². The van der Waals surface area contributed by atoms with Crippen LogP contribution in [0.15, 0.2) is 70.8 Å². The molecule has 0 radical (unpaired) electrons. The van der Waals surface area contributed by atoms with Crippen molar-refractivity contribution in [2.45, 2.75) is 29.5 Å². The molecule has 8 heteroatoms. The van der Waals surface area contributed by atoms with Crippen molar-refractivity contribution < 1.29 is 8.42 Å². The van der Waals surface area contributed by atoms with E-state index in [1.807, 2.05) is 61.1 Å². The van der Waals surface area contributed by atoms with Crippen LogP contribution >= 0.6 is 11.8 Å². The standard InChI is InChI=1S/C19H22N4O2S2/c1-3-22(4-2)27(24,25)18-10-11-19(20-14-18)26-15-16-12-13-23(21-16)17-8-6-5-7-9-17/h5-14H,3-4,15H2,1-2H3. The number of thioether (sulfide) groups is 1. The van der Waals surface area contributed by atoms with Crippen LogP contribution in [0.25, 0.3) is 5.69 Å². The maximum Gasteiger partial charge on any atom is 0.244 e. The van der Waals surface area contributed by atoms with Crippen molar-refractivity contribution in [2.75, 3.05) is 13.1 Å². The van der Waals surface area contributed by atoms with Crippen LogP contribution in [0.5, 0.6) is 0 Å². The fraction of sp³-hybridized carbons (Fsp3) is 0.263. The van der Waals surface area contributed by atoms with Gasteiger partial charge < -0.3 is 0 Å². The van der Waals surface area contributed by atoms with Gasteiger partial charge in [-0.15, -0.1) is 0 Å². The van der Waals surface area contributed by atoms with E-state index in [2.05, 4.69) is 10.1 Å². The monoisotopic (exact) mass is 402 g/mol. The molecule has 3 aromatic rings. The van der Waals surface area contributed by atoms with Gasteiger partial charge in [-0.3, -0.25) is 0 Å². The highest BCUT2D eigenvalue weighted by Gasteiger charge is 2.21. The quantitative estimate of drug-likeness (QED) is 0.539. The summed E-state index contributed by atoms with van der Waals surface area (Å²) in [5.41, 5.74) is 1.95. The number of para-hydroxylation sites is 1. The van der Waals surface area contributed by atoms with Gasteiger partial charge in [0.15, 0.2) is 0 Å². The highest BCUT2D eigenvalue weighted by Crippen LogP contribution is 2.22. The zero-order valence-electron chi connectivity index (χ0n) is 15.3. The van der Waals surface area contributed by atoms with Gasteiger partial charge in [-0.1, -0.05) is 43.8 Å². The Morgan fingerprint density at radius 1 is 1.04 bits per heavy atom. The molecule has 0 N–H and O–H groups in total. The van der Waals surface area contributed by atoms with E-state index in [1.165, 1.54) is 22.3 Å². The van der Waals surface area contributed by atoms with Crippen LogP contribution in [0.4, 0.5) is 0 Å². The molecule has 0 aliphatic carbocycles. The lowest BCUT2D eigenvalue weighted by molar-refractivity contribution is 0.445. The summed E-state index contributed by atoms with van der Waals surface area (Å²) in [7, 11) is -3.47. The van der Waals surface area contributed by atoms with Crippen LogP contribution in [-0.4, -0.2) is 40.6 Å². The average Bonchev–Trinajstić information content (AvgIpc) is 3.17. The Balaban J connectivity index is 1.65. The van der Waals surface area contributed by atoms with Gasteiger partial charge in [-0.05, 0) is 30.3 Å². The molecule has 2 heterocycles. The van der Waals surface area contributed by atoms with E-state index in [0.717, 1.165) is 16.4 Å². The molecule has 0 saturated carbocycles. The van der Waals surface area contributed by atoms with E-state index >= 15 is 0 Å². The fourth-order valence-electron chi connectivity index (χ4n) is 2.63. The SMILES string of the molecule is CCN(CC)S(=O)(=O)c1ccc(SCc2ccn(-c3ccccc3)n2)nc1. The topological polar surface area (TPSA) is 68.1 Å². The molecule has 0 amide bonds. The van der Waals surface area contributed by atoms with E-state index in [0.29, 0.717) is 18.8 Å². The Hall–Kier alpha value is -2.16. The number of aromatic nitrogens is 3. The molecule has 1 aromatic carbocycles. The second-order valence-corrected chi connectivity index (χ2v) is 8.73. The Kier molecular flexibility index (Phi) is 6.30. The Labute approximate surface area is 164 Å². The number of nitrogens with zero attached hydrogens (tertiary/aromatic N) is 4. The number of hydrogen-bond acceptors (Lipinski definition) is 5. The Morgan fingerprint density at radius 2 is 1.78 bits per heavy atom. The van der Waals surface area contributed by atoms with Crippen molar-refractivity contribution in [3.05, 3.63) is 66.6 Å². The van der Waals surface area contributed by atoms with Crippen molar-refractivity contribution in [1.29, 1.82) is 0 Å². The molecule has 142 valence electrons. The van der Waals surface area contributed by atoms with Gasteiger partial charge >= 0.3 is 0 Å². The first-order valence-electron chi connectivity index (χ1n) is 8.73. The van der Waals surface area contributed by atoms with Crippen molar-refractivity contribution in [3.63, 3.8) is 0 Å². The van der Waals surface area contributed by atoms with Gasteiger partial charge in [0.1, 0.15) is 4.90 Å². The van der Waals surface area contributed by atoms with Crippen LogP contribution in [0.3, 0.4) is 0 Å². The molecule has 0 aliphatic heterocycles. The molecule has 2 aromatic heterocycles. The van der Waals surface area contributed by atoms with Crippen LogP contribution in [0, 0.1) is 0 Å². The van der Waals surface area contributed by atoms with Crippen LogP contribution in [0.2, 0.25) is 0 Å². The normalized spacial score (nSPS) is 11.8. The lowest BCUT2D eigenvalue weighted by Gasteiger charge is -2.18. The molecule has 0 atom stereocenters.